The highest BCUT2D eigenvalue weighted by Crippen LogP contribution is 2.11. The standard InChI is InChI=1S/C10H11NO5/c1-6-5-7(12)10(11-6)16-9(14)4-3-8(13)15-2/h3-4,10-11H,1,5H2,2H3/b4-3+. The van der Waals surface area contributed by atoms with Crippen LogP contribution in [0.5, 0.6) is 0 Å². The van der Waals surface area contributed by atoms with E-state index < -0.39 is 18.2 Å². The Morgan fingerprint density at radius 1 is 1.44 bits per heavy atom. The number of ketones is 1. The minimum atomic E-state index is -1.01. The molecule has 1 aliphatic heterocycles. The first-order valence-corrected chi connectivity index (χ1v) is 4.46. The molecule has 6 nitrogen and oxygen atoms in total. The van der Waals surface area contributed by atoms with Gasteiger partial charge in [-0.2, -0.15) is 0 Å². The number of hydrogen-bond acceptors (Lipinski definition) is 6. The first-order chi connectivity index (χ1) is 7.52. The Labute approximate surface area is 91.9 Å². The van der Waals surface area contributed by atoms with Crippen LogP contribution < -0.4 is 5.32 Å². The molecule has 0 amide bonds. The maximum absolute atomic E-state index is 11.2. The molecule has 0 spiro atoms. The molecule has 0 aliphatic carbocycles. The maximum atomic E-state index is 11.2. The van der Waals surface area contributed by atoms with Crippen molar-refractivity contribution in [3.8, 4) is 0 Å². The summed E-state index contributed by atoms with van der Waals surface area (Å²) in [5.41, 5.74) is 0.500. The van der Waals surface area contributed by atoms with Gasteiger partial charge in [-0.25, -0.2) is 9.59 Å². The van der Waals surface area contributed by atoms with E-state index in [2.05, 4.69) is 16.6 Å². The van der Waals surface area contributed by atoms with Crippen molar-refractivity contribution in [2.24, 2.45) is 0 Å². The SMILES string of the molecule is C=C1CC(=O)C(OC(=O)/C=C/C(=O)OC)N1. The molecule has 86 valence electrons. The lowest BCUT2D eigenvalue weighted by atomic mass is 10.3. The van der Waals surface area contributed by atoms with Crippen molar-refractivity contribution in [2.75, 3.05) is 7.11 Å². The topological polar surface area (TPSA) is 81.7 Å². The molecule has 0 radical (unpaired) electrons. The molecule has 0 aromatic rings. The molecule has 6 heteroatoms. The molecule has 1 rings (SSSR count). The lowest BCUT2D eigenvalue weighted by molar-refractivity contribution is -0.150. The Bertz CT molecular complexity index is 371. The molecule has 1 atom stereocenters. The van der Waals surface area contributed by atoms with Crippen LogP contribution in [0.4, 0.5) is 0 Å². The molecular formula is C10H11NO5. The van der Waals surface area contributed by atoms with E-state index in [0.717, 1.165) is 12.2 Å². The minimum absolute atomic E-state index is 0.138. The van der Waals surface area contributed by atoms with E-state index in [1.54, 1.807) is 0 Å². The summed E-state index contributed by atoms with van der Waals surface area (Å²) in [4.78, 5) is 33.0. The summed E-state index contributed by atoms with van der Waals surface area (Å²) >= 11 is 0. The summed E-state index contributed by atoms with van der Waals surface area (Å²) < 4.78 is 9.01. The van der Waals surface area contributed by atoms with Crippen molar-refractivity contribution < 1.29 is 23.9 Å². The molecule has 1 saturated heterocycles. The van der Waals surface area contributed by atoms with Gasteiger partial charge in [0.05, 0.1) is 13.5 Å². The Morgan fingerprint density at radius 2 is 2.06 bits per heavy atom. The van der Waals surface area contributed by atoms with E-state index in [4.69, 9.17) is 4.74 Å². The molecule has 0 saturated carbocycles. The lowest BCUT2D eigenvalue weighted by Crippen LogP contribution is -2.31. The fourth-order valence-corrected chi connectivity index (χ4v) is 1.07. The van der Waals surface area contributed by atoms with Gasteiger partial charge in [0.1, 0.15) is 0 Å². The van der Waals surface area contributed by atoms with Gasteiger partial charge in [0.2, 0.25) is 6.23 Å². The van der Waals surface area contributed by atoms with Crippen molar-refractivity contribution >= 4 is 17.7 Å². The Morgan fingerprint density at radius 3 is 2.56 bits per heavy atom. The zero-order chi connectivity index (χ0) is 12.1. The number of esters is 2. The van der Waals surface area contributed by atoms with Gasteiger partial charge in [0.25, 0.3) is 0 Å². The number of ether oxygens (including phenoxy) is 2. The molecule has 1 unspecified atom stereocenters. The highest BCUT2D eigenvalue weighted by molar-refractivity contribution is 5.94. The first-order valence-electron chi connectivity index (χ1n) is 4.46. The maximum Gasteiger partial charge on any atom is 0.333 e. The molecule has 1 aliphatic rings. The molecular weight excluding hydrogens is 214 g/mol. The van der Waals surface area contributed by atoms with Gasteiger partial charge in [0.15, 0.2) is 5.78 Å². The third-order valence-electron chi connectivity index (χ3n) is 1.81. The molecule has 1 fully saturated rings. The number of rotatable bonds is 3. The monoisotopic (exact) mass is 225 g/mol. The van der Waals surface area contributed by atoms with E-state index in [-0.39, 0.29) is 12.2 Å². The summed E-state index contributed by atoms with van der Waals surface area (Å²) in [6.07, 6.45) is 0.930. The van der Waals surface area contributed by atoms with Crippen LogP contribution in [0.2, 0.25) is 0 Å². The second-order valence-electron chi connectivity index (χ2n) is 3.06. The van der Waals surface area contributed by atoms with Gasteiger partial charge in [-0.3, -0.25) is 4.79 Å². The van der Waals surface area contributed by atoms with E-state index in [1.807, 2.05) is 0 Å². The largest absolute Gasteiger partial charge is 0.466 e. The van der Waals surface area contributed by atoms with Gasteiger partial charge in [-0.05, 0) is 0 Å². The lowest BCUT2D eigenvalue weighted by Gasteiger charge is -2.08. The number of methoxy groups -OCH3 is 1. The molecule has 1 N–H and O–H groups in total. The number of carbonyl (C=O) groups excluding carboxylic acids is 3. The van der Waals surface area contributed by atoms with Crippen LogP contribution in [0.25, 0.3) is 0 Å². The zero-order valence-electron chi connectivity index (χ0n) is 8.69. The zero-order valence-corrected chi connectivity index (χ0v) is 8.69. The summed E-state index contributed by atoms with van der Waals surface area (Å²) in [7, 11) is 1.18. The normalized spacial score (nSPS) is 19.7. The van der Waals surface area contributed by atoms with Gasteiger partial charge in [-0.15, -0.1) is 0 Å². The van der Waals surface area contributed by atoms with E-state index in [9.17, 15) is 14.4 Å². The molecule has 16 heavy (non-hydrogen) atoms. The Balaban J connectivity index is 2.46. The third kappa shape index (κ3) is 3.23. The summed E-state index contributed by atoms with van der Waals surface area (Å²) in [6, 6.07) is 0. The second kappa shape index (κ2) is 5.11. The van der Waals surface area contributed by atoms with Crippen LogP contribution in [0.3, 0.4) is 0 Å². The number of nitrogens with one attached hydrogen (secondary N) is 1. The molecule has 1 heterocycles. The molecule has 0 aromatic heterocycles. The van der Waals surface area contributed by atoms with Crippen LogP contribution in [-0.2, 0) is 23.9 Å². The fourth-order valence-electron chi connectivity index (χ4n) is 1.07. The summed E-state index contributed by atoms with van der Waals surface area (Å²) in [5.74, 6) is -1.75. The number of hydrogen-bond donors (Lipinski definition) is 1. The van der Waals surface area contributed by atoms with Crippen molar-refractivity contribution in [2.45, 2.75) is 12.6 Å². The Hall–Kier alpha value is -2.11. The van der Waals surface area contributed by atoms with Crippen molar-refractivity contribution in [1.29, 1.82) is 0 Å². The van der Waals surface area contributed by atoms with E-state index >= 15 is 0 Å². The highest BCUT2D eigenvalue weighted by Gasteiger charge is 2.29. The smallest absolute Gasteiger partial charge is 0.333 e. The van der Waals surface area contributed by atoms with Gasteiger partial charge < -0.3 is 14.8 Å². The quantitative estimate of drug-likeness (QED) is 0.522. The highest BCUT2D eigenvalue weighted by atomic mass is 16.6. The molecule has 0 bridgehead atoms. The van der Waals surface area contributed by atoms with Crippen molar-refractivity contribution in [3.05, 3.63) is 24.4 Å². The van der Waals surface area contributed by atoms with Gasteiger partial charge in [-0.1, -0.05) is 6.58 Å². The predicted molar refractivity (Wildman–Crippen MR) is 52.9 cm³/mol. The van der Waals surface area contributed by atoms with Crippen LogP contribution in [0, 0.1) is 0 Å². The van der Waals surface area contributed by atoms with Gasteiger partial charge >= 0.3 is 11.9 Å². The number of allylic oxidation sites excluding steroid dienone is 1. The number of carbonyl (C=O) groups is 3. The summed E-state index contributed by atoms with van der Waals surface area (Å²) in [6.45, 7) is 3.53. The predicted octanol–water partition coefficient (Wildman–Crippen LogP) is -0.339. The average molecular weight is 225 g/mol. The van der Waals surface area contributed by atoms with E-state index in [1.165, 1.54) is 7.11 Å². The minimum Gasteiger partial charge on any atom is -0.466 e. The van der Waals surface area contributed by atoms with E-state index in [0.29, 0.717) is 5.70 Å². The van der Waals surface area contributed by atoms with Crippen LogP contribution in [0.1, 0.15) is 6.42 Å². The first kappa shape index (κ1) is 12.0. The average Bonchev–Trinajstić information content (AvgIpc) is 2.54. The Kier molecular flexibility index (Phi) is 3.82. The van der Waals surface area contributed by atoms with Crippen molar-refractivity contribution in [3.63, 3.8) is 0 Å². The van der Waals surface area contributed by atoms with Crippen LogP contribution >= 0.6 is 0 Å². The number of Topliss-reactive ketones (excluding diaryl/α,β-unsaturated/α-hetero) is 1. The molecule has 0 aromatic carbocycles. The van der Waals surface area contributed by atoms with Crippen LogP contribution in [0.15, 0.2) is 24.4 Å². The van der Waals surface area contributed by atoms with Crippen molar-refractivity contribution in [1.82, 2.24) is 5.32 Å². The van der Waals surface area contributed by atoms with Gasteiger partial charge in [0, 0.05) is 17.8 Å². The van der Waals surface area contributed by atoms with Crippen LogP contribution in [-0.4, -0.2) is 31.1 Å². The second-order valence-corrected chi connectivity index (χ2v) is 3.06. The summed E-state index contributed by atoms with van der Waals surface area (Å²) in [5, 5.41) is 2.60. The fraction of sp³-hybridized carbons (Fsp3) is 0.300. The third-order valence-corrected chi connectivity index (χ3v) is 1.81.